The molecule has 6 nitrogen and oxygen atoms in total. The van der Waals surface area contributed by atoms with Gasteiger partial charge in [-0.15, -0.1) is 0 Å². The summed E-state index contributed by atoms with van der Waals surface area (Å²) in [7, 11) is 2.01. The third-order valence-corrected chi connectivity index (χ3v) is 6.84. The van der Waals surface area contributed by atoms with Gasteiger partial charge in [0.1, 0.15) is 5.82 Å². The number of hydrogen-bond acceptors (Lipinski definition) is 5. The molecule has 0 amide bonds. The minimum absolute atomic E-state index is 0.394. The smallest absolute Gasteiger partial charge is 0.335 e. The summed E-state index contributed by atoms with van der Waals surface area (Å²) in [4.78, 5) is 15.0. The molecule has 0 aliphatic carbocycles. The Kier molecular flexibility index (Phi) is 11.9. The maximum Gasteiger partial charge on any atom is 0.335 e. The standard InChI is InChI=1S/C20H32N4.C9H10O2.C2H6/c1-14-11-17(13-21)19(22)18(12-14)15(2)23(6)16(3)24-9-7-20(4,5)8-10-24;1-6-3-4-7(2)8(5-6)9(10)11;1-2/h11-12H,2-3,7-10,13,21-22H2,1,4-6H3;3-5H,1-2H3,(H,10,11);1-2H3. The van der Waals surface area contributed by atoms with Crippen molar-refractivity contribution < 1.29 is 9.90 Å². The SMILES string of the molecule is C=C(c1cc(C)cc(CN)c1N)N(C)C(=C)N1CCC(C)(C)CC1.CC.Cc1ccc(C)c(C(=O)O)c1. The summed E-state index contributed by atoms with van der Waals surface area (Å²) in [6.07, 6.45) is 2.35. The van der Waals surface area contributed by atoms with E-state index in [-0.39, 0.29) is 0 Å². The van der Waals surface area contributed by atoms with Crippen molar-refractivity contribution in [3.8, 4) is 0 Å². The first kappa shape index (κ1) is 31.8. The van der Waals surface area contributed by atoms with Gasteiger partial charge >= 0.3 is 5.97 Å². The number of aryl methyl sites for hydroxylation is 3. The van der Waals surface area contributed by atoms with Crippen LogP contribution in [0.2, 0.25) is 0 Å². The lowest BCUT2D eigenvalue weighted by atomic mass is 9.83. The molecule has 0 atom stereocenters. The van der Waals surface area contributed by atoms with Crippen LogP contribution in [0.1, 0.15) is 78.7 Å². The minimum Gasteiger partial charge on any atom is -0.478 e. The number of carbonyl (C=O) groups is 1. The molecule has 0 radical (unpaired) electrons. The molecule has 0 unspecified atom stereocenters. The molecule has 1 heterocycles. The Balaban J connectivity index is 0.000000439. The van der Waals surface area contributed by atoms with E-state index >= 15 is 0 Å². The molecule has 0 aromatic heterocycles. The van der Waals surface area contributed by atoms with Gasteiger partial charge < -0.3 is 26.4 Å². The summed E-state index contributed by atoms with van der Waals surface area (Å²) in [5.41, 5.74) is 19.3. The zero-order valence-electron chi connectivity index (χ0n) is 24.2. The number of hydrogen-bond donors (Lipinski definition) is 3. The van der Waals surface area contributed by atoms with E-state index < -0.39 is 5.97 Å². The molecule has 2 aromatic rings. The third-order valence-electron chi connectivity index (χ3n) is 6.84. The fourth-order valence-electron chi connectivity index (χ4n) is 4.17. The Morgan fingerprint density at radius 1 is 1.03 bits per heavy atom. The maximum atomic E-state index is 10.6. The van der Waals surface area contributed by atoms with Gasteiger partial charge in [0, 0.05) is 43.6 Å². The van der Waals surface area contributed by atoms with Crippen LogP contribution >= 0.6 is 0 Å². The predicted molar refractivity (Wildman–Crippen MR) is 158 cm³/mol. The Hall–Kier alpha value is -3.25. The summed E-state index contributed by atoms with van der Waals surface area (Å²) in [6.45, 7) is 25.4. The zero-order valence-corrected chi connectivity index (χ0v) is 24.2. The molecule has 1 aliphatic rings. The van der Waals surface area contributed by atoms with Crippen molar-refractivity contribution >= 4 is 17.4 Å². The third kappa shape index (κ3) is 8.67. The quantitative estimate of drug-likeness (QED) is 0.383. The van der Waals surface area contributed by atoms with Crippen molar-refractivity contribution in [2.24, 2.45) is 11.1 Å². The van der Waals surface area contributed by atoms with Crippen LogP contribution < -0.4 is 11.5 Å². The van der Waals surface area contributed by atoms with Gasteiger partial charge in [0.15, 0.2) is 0 Å². The molecule has 3 rings (SSSR count). The highest BCUT2D eigenvalue weighted by Crippen LogP contribution is 2.34. The van der Waals surface area contributed by atoms with Crippen LogP contribution in [0.3, 0.4) is 0 Å². The molecule has 5 N–H and O–H groups in total. The number of carboxylic acid groups (broad SMARTS) is 1. The minimum atomic E-state index is -0.855. The zero-order chi connectivity index (χ0) is 28.5. The van der Waals surface area contributed by atoms with Gasteiger partial charge in [-0.1, -0.05) is 64.6 Å². The fourth-order valence-corrected chi connectivity index (χ4v) is 4.17. The van der Waals surface area contributed by atoms with Crippen LogP contribution in [0, 0.1) is 26.2 Å². The number of rotatable bonds is 6. The van der Waals surface area contributed by atoms with E-state index in [1.165, 1.54) is 12.8 Å². The van der Waals surface area contributed by atoms with Crippen molar-refractivity contribution in [3.63, 3.8) is 0 Å². The van der Waals surface area contributed by atoms with Crippen molar-refractivity contribution in [2.45, 2.75) is 67.9 Å². The lowest BCUT2D eigenvalue weighted by Gasteiger charge is -2.41. The number of nitrogens with two attached hydrogens (primary N) is 2. The average Bonchev–Trinajstić information content (AvgIpc) is 2.86. The van der Waals surface area contributed by atoms with E-state index in [0.717, 1.165) is 52.4 Å². The Labute approximate surface area is 224 Å². The van der Waals surface area contributed by atoms with Crippen molar-refractivity contribution in [1.29, 1.82) is 0 Å². The first-order valence-electron chi connectivity index (χ1n) is 13.0. The summed E-state index contributed by atoms with van der Waals surface area (Å²) in [5.74, 6) is 0.122. The largest absolute Gasteiger partial charge is 0.478 e. The fraction of sp³-hybridized carbons (Fsp3) is 0.452. The molecule has 6 heteroatoms. The lowest BCUT2D eigenvalue weighted by Crippen LogP contribution is -2.40. The van der Waals surface area contributed by atoms with Gasteiger partial charge in [0.2, 0.25) is 0 Å². The number of anilines is 1. The van der Waals surface area contributed by atoms with Gasteiger partial charge in [-0.3, -0.25) is 0 Å². The van der Waals surface area contributed by atoms with E-state index in [9.17, 15) is 4.79 Å². The molecule has 2 aromatic carbocycles. The molecule has 1 aliphatic heterocycles. The van der Waals surface area contributed by atoms with E-state index in [1.807, 2.05) is 50.9 Å². The van der Waals surface area contributed by atoms with E-state index in [0.29, 0.717) is 23.2 Å². The number of benzene rings is 2. The summed E-state index contributed by atoms with van der Waals surface area (Å²) in [6, 6.07) is 9.51. The number of nitrogens with zero attached hydrogens (tertiary/aromatic N) is 2. The number of aromatic carboxylic acids is 1. The number of nitrogen functional groups attached to an aromatic ring is 1. The number of piperidine rings is 1. The second-order valence-electron chi connectivity index (χ2n) is 10.3. The van der Waals surface area contributed by atoms with Gasteiger partial charge in [-0.25, -0.2) is 4.79 Å². The van der Waals surface area contributed by atoms with E-state index in [1.54, 1.807) is 13.0 Å². The highest BCUT2D eigenvalue weighted by atomic mass is 16.4. The van der Waals surface area contributed by atoms with Gasteiger partial charge in [-0.05, 0) is 67.9 Å². The first-order chi connectivity index (χ1) is 17.3. The highest BCUT2D eigenvalue weighted by molar-refractivity contribution is 5.89. The molecule has 0 spiro atoms. The first-order valence-corrected chi connectivity index (χ1v) is 13.0. The van der Waals surface area contributed by atoms with Crippen molar-refractivity contribution in [1.82, 2.24) is 9.80 Å². The van der Waals surface area contributed by atoms with Crippen molar-refractivity contribution in [2.75, 3.05) is 25.9 Å². The monoisotopic (exact) mass is 508 g/mol. The predicted octanol–water partition coefficient (Wildman–Crippen LogP) is 6.56. The van der Waals surface area contributed by atoms with Gasteiger partial charge in [0.05, 0.1) is 5.56 Å². The number of carboxylic acids is 1. The second kappa shape index (κ2) is 13.9. The topological polar surface area (TPSA) is 95.8 Å². The Bertz CT molecular complexity index is 1090. The molecular weight excluding hydrogens is 460 g/mol. The van der Waals surface area contributed by atoms with Crippen LogP contribution in [0.4, 0.5) is 5.69 Å². The van der Waals surface area contributed by atoms with Crippen LogP contribution in [0.25, 0.3) is 5.70 Å². The molecule has 1 fully saturated rings. The van der Waals surface area contributed by atoms with Crippen molar-refractivity contribution in [3.05, 3.63) is 82.7 Å². The lowest BCUT2D eigenvalue weighted by molar-refractivity contribution is 0.0696. The summed E-state index contributed by atoms with van der Waals surface area (Å²) in [5, 5.41) is 8.69. The Morgan fingerprint density at radius 2 is 1.57 bits per heavy atom. The molecule has 0 saturated carbocycles. The maximum absolute atomic E-state index is 10.6. The van der Waals surface area contributed by atoms with E-state index in [4.69, 9.17) is 16.6 Å². The Morgan fingerprint density at radius 3 is 2.05 bits per heavy atom. The van der Waals surface area contributed by atoms with Crippen LogP contribution in [0.15, 0.2) is 49.3 Å². The molecule has 0 bridgehead atoms. The van der Waals surface area contributed by atoms with Crippen LogP contribution in [0.5, 0.6) is 0 Å². The van der Waals surface area contributed by atoms with Gasteiger partial charge in [-0.2, -0.15) is 0 Å². The summed E-state index contributed by atoms with van der Waals surface area (Å²) >= 11 is 0. The summed E-state index contributed by atoms with van der Waals surface area (Å²) < 4.78 is 0. The average molecular weight is 509 g/mol. The number of likely N-dealkylation sites (tertiary alicyclic amines) is 1. The van der Waals surface area contributed by atoms with E-state index in [2.05, 4.69) is 44.9 Å². The molecule has 204 valence electrons. The highest BCUT2D eigenvalue weighted by Gasteiger charge is 2.27. The molecule has 1 saturated heterocycles. The van der Waals surface area contributed by atoms with Crippen LogP contribution in [-0.4, -0.2) is 41.0 Å². The molecule has 37 heavy (non-hydrogen) atoms. The van der Waals surface area contributed by atoms with Gasteiger partial charge in [0.25, 0.3) is 0 Å². The second-order valence-corrected chi connectivity index (χ2v) is 10.3. The van der Waals surface area contributed by atoms with Crippen LogP contribution in [-0.2, 0) is 6.54 Å². The molecular formula is C31H48N4O2. The normalized spacial score (nSPS) is 13.9.